The molecule has 0 aromatic heterocycles. The molecule has 0 saturated heterocycles. The molecule has 88 valence electrons. The number of nitrogens with two attached hydrogens (primary N) is 1. The summed E-state index contributed by atoms with van der Waals surface area (Å²) in [5.41, 5.74) is 5.98. The van der Waals surface area contributed by atoms with Gasteiger partial charge in [-0.15, -0.1) is 0 Å². The molecule has 6 heteroatoms. The van der Waals surface area contributed by atoms with Crippen LogP contribution in [0.5, 0.6) is 0 Å². The van der Waals surface area contributed by atoms with Crippen LogP contribution in [0.2, 0.25) is 0 Å². The van der Waals surface area contributed by atoms with Gasteiger partial charge in [0.05, 0.1) is 11.4 Å². The number of anilines is 2. The van der Waals surface area contributed by atoms with E-state index in [1.165, 1.54) is 12.1 Å². The highest BCUT2D eigenvalue weighted by Gasteiger charge is 2.08. The molecular weight excluding hydrogens is 231 g/mol. The Morgan fingerprint density at radius 1 is 1.56 bits per heavy atom. The molecule has 4 nitrogen and oxygen atoms in total. The largest absolute Gasteiger partial charge is 0.397 e. The first-order valence-electron chi connectivity index (χ1n) is 4.72. The minimum Gasteiger partial charge on any atom is -0.397 e. The molecule has 1 amide bonds. The monoisotopic (exact) mass is 244 g/mol. The molecule has 0 heterocycles. The third kappa shape index (κ3) is 3.62. The standard InChI is InChI=1S/C10H13FN2O2S/c1-2-16(15)6-10(14)13-9-4-3-7(11)5-8(9)12/h3-5H,2,6,12H2,1H3,(H,13,14). The third-order valence-electron chi connectivity index (χ3n) is 1.90. The van der Waals surface area contributed by atoms with Crippen LogP contribution in [0.1, 0.15) is 6.92 Å². The Labute approximate surface area is 95.5 Å². The lowest BCUT2D eigenvalue weighted by Crippen LogP contribution is -2.20. The summed E-state index contributed by atoms with van der Waals surface area (Å²) < 4.78 is 23.8. The van der Waals surface area contributed by atoms with Crippen LogP contribution in [0.15, 0.2) is 18.2 Å². The van der Waals surface area contributed by atoms with Crippen LogP contribution >= 0.6 is 0 Å². The fourth-order valence-corrected chi connectivity index (χ4v) is 1.65. The zero-order chi connectivity index (χ0) is 12.1. The number of hydrogen-bond acceptors (Lipinski definition) is 3. The Morgan fingerprint density at radius 3 is 2.81 bits per heavy atom. The topological polar surface area (TPSA) is 72.2 Å². The molecule has 0 radical (unpaired) electrons. The van der Waals surface area contributed by atoms with Gasteiger partial charge in [0.25, 0.3) is 0 Å². The highest BCUT2D eigenvalue weighted by molar-refractivity contribution is 7.85. The van der Waals surface area contributed by atoms with Gasteiger partial charge in [-0.25, -0.2) is 4.39 Å². The molecule has 0 saturated carbocycles. The zero-order valence-corrected chi connectivity index (χ0v) is 9.64. The van der Waals surface area contributed by atoms with E-state index in [-0.39, 0.29) is 11.4 Å². The van der Waals surface area contributed by atoms with E-state index >= 15 is 0 Å². The number of hydrogen-bond donors (Lipinski definition) is 2. The van der Waals surface area contributed by atoms with Crippen molar-refractivity contribution >= 4 is 28.1 Å². The van der Waals surface area contributed by atoms with Gasteiger partial charge in [-0.2, -0.15) is 0 Å². The summed E-state index contributed by atoms with van der Waals surface area (Å²) in [6.07, 6.45) is 0. The number of nitrogens with one attached hydrogen (secondary N) is 1. The Bertz CT molecular complexity index is 423. The molecule has 16 heavy (non-hydrogen) atoms. The average molecular weight is 244 g/mol. The van der Waals surface area contributed by atoms with E-state index in [9.17, 15) is 13.4 Å². The molecule has 0 aliphatic carbocycles. The van der Waals surface area contributed by atoms with Crippen molar-refractivity contribution in [3.63, 3.8) is 0 Å². The van der Waals surface area contributed by atoms with Crippen LogP contribution in [0.25, 0.3) is 0 Å². The number of amides is 1. The number of nitrogen functional groups attached to an aromatic ring is 1. The van der Waals surface area contributed by atoms with Crippen LogP contribution in [0.4, 0.5) is 15.8 Å². The first-order valence-corrected chi connectivity index (χ1v) is 6.21. The lowest BCUT2D eigenvalue weighted by atomic mass is 10.2. The summed E-state index contributed by atoms with van der Waals surface area (Å²) in [4.78, 5) is 11.4. The average Bonchev–Trinajstić information content (AvgIpc) is 2.22. The minimum atomic E-state index is -1.17. The SMILES string of the molecule is CCS(=O)CC(=O)Nc1ccc(F)cc1N. The van der Waals surface area contributed by atoms with Gasteiger partial charge in [0.1, 0.15) is 11.6 Å². The quantitative estimate of drug-likeness (QED) is 0.779. The third-order valence-corrected chi connectivity index (χ3v) is 3.13. The minimum absolute atomic E-state index is 0.0761. The van der Waals surface area contributed by atoms with Crippen molar-refractivity contribution in [3.8, 4) is 0 Å². The number of benzene rings is 1. The summed E-state index contributed by atoms with van der Waals surface area (Å²) in [6.45, 7) is 1.73. The van der Waals surface area contributed by atoms with Crippen molar-refractivity contribution in [1.29, 1.82) is 0 Å². The molecule has 1 atom stereocenters. The van der Waals surface area contributed by atoms with E-state index in [2.05, 4.69) is 5.32 Å². The second kappa shape index (κ2) is 5.60. The lowest BCUT2D eigenvalue weighted by Gasteiger charge is -2.07. The Morgan fingerprint density at radius 2 is 2.25 bits per heavy atom. The lowest BCUT2D eigenvalue weighted by molar-refractivity contribution is -0.113. The predicted octanol–water partition coefficient (Wildman–Crippen LogP) is 1.11. The molecule has 1 rings (SSSR count). The van der Waals surface area contributed by atoms with Gasteiger partial charge in [-0.05, 0) is 18.2 Å². The maximum absolute atomic E-state index is 12.7. The smallest absolute Gasteiger partial charge is 0.237 e. The van der Waals surface area contributed by atoms with E-state index in [1.54, 1.807) is 6.92 Å². The highest BCUT2D eigenvalue weighted by Crippen LogP contribution is 2.18. The Balaban J connectivity index is 2.66. The van der Waals surface area contributed by atoms with Gasteiger partial charge >= 0.3 is 0 Å². The fraction of sp³-hybridized carbons (Fsp3) is 0.300. The summed E-state index contributed by atoms with van der Waals surface area (Å²) in [6, 6.07) is 3.69. The number of carbonyl (C=O) groups is 1. The number of carbonyl (C=O) groups excluding carboxylic acids is 1. The molecular formula is C10H13FN2O2S. The van der Waals surface area contributed by atoms with Crippen LogP contribution in [-0.4, -0.2) is 21.6 Å². The van der Waals surface area contributed by atoms with Crippen LogP contribution in [0.3, 0.4) is 0 Å². The zero-order valence-electron chi connectivity index (χ0n) is 8.83. The molecule has 1 aromatic rings. The Hall–Kier alpha value is -1.43. The van der Waals surface area contributed by atoms with Gasteiger partial charge in [-0.1, -0.05) is 6.92 Å². The normalized spacial score (nSPS) is 12.1. The van der Waals surface area contributed by atoms with Gasteiger partial charge in [-0.3, -0.25) is 9.00 Å². The summed E-state index contributed by atoms with van der Waals surface area (Å²) in [7, 11) is -1.17. The number of halogens is 1. The molecule has 0 fully saturated rings. The van der Waals surface area contributed by atoms with E-state index in [0.29, 0.717) is 11.4 Å². The molecule has 3 N–H and O–H groups in total. The van der Waals surface area contributed by atoms with Crippen molar-refractivity contribution in [3.05, 3.63) is 24.0 Å². The van der Waals surface area contributed by atoms with E-state index in [1.807, 2.05) is 0 Å². The fourth-order valence-electron chi connectivity index (χ4n) is 1.08. The molecule has 1 aromatic carbocycles. The first kappa shape index (κ1) is 12.6. The van der Waals surface area contributed by atoms with Crippen molar-refractivity contribution in [2.45, 2.75) is 6.92 Å². The highest BCUT2D eigenvalue weighted by atomic mass is 32.2. The van der Waals surface area contributed by atoms with Crippen molar-refractivity contribution in [2.75, 3.05) is 22.6 Å². The molecule has 0 bridgehead atoms. The van der Waals surface area contributed by atoms with Crippen molar-refractivity contribution < 1.29 is 13.4 Å². The summed E-state index contributed by atoms with van der Waals surface area (Å²) in [5, 5.41) is 2.48. The van der Waals surface area contributed by atoms with Crippen LogP contribution < -0.4 is 11.1 Å². The first-order chi connectivity index (χ1) is 7.52. The summed E-state index contributed by atoms with van der Waals surface area (Å²) in [5.74, 6) is -0.509. The number of rotatable bonds is 4. The molecule has 0 aliphatic heterocycles. The van der Waals surface area contributed by atoms with Crippen molar-refractivity contribution in [2.24, 2.45) is 0 Å². The van der Waals surface area contributed by atoms with E-state index in [0.717, 1.165) is 6.07 Å². The van der Waals surface area contributed by atoms with E-state index in [4.69, 9.17) is 5.73 Å². The van der Waals surface area contributed by atoms with Crippen molar-refractivity contribution in [1.82, 2.24) is 0 Å². The second-order valence-corrected chi connectivity index (χ2v) is 4.90. The molecule has 0 aliphatic rings. The second-order valence-electron chi connectivity index (χ2n) is 3.15. The van der Waals surface area contributed by atoms with E-state index < -0.39 is 22.5 Å². The summed E-state index contributed by atoms with van der Waals surface area (Å²) >= 11 is 0. The Kier molecular flexibility index (Phi) is 4.42. The van der Waals surface area contributed by atoms with Gasteiger partial charge < -0.3 is 11.1 Å². The molecule has 1 unspecified atom stereocenters. The van der Waals surface area contributed by atoms with Gasteiger partial charge in [0, 0.05) is 16.6 Å². The van der Waals surface area contributed by atoms with Crippen LogP contribution in [-0.2, 0) is 15.6 Å². The van der Waals surface area contributed by atoms with Crippen LogP contribution in [0, 0.1) is 5.82 Å². The molecule has 0 spiro atoms. The van der Waals surface area contributed by atoms with Gasteiger partial charge in [0.2, 0.25) is 5.91 Å². The predicted molar refractivity (Wildman–Crippen MR) is 63.0 cm³/mol. The van der Waals surface area contributed by atoms with Gasteiger partial charge in [0.15, 0.2) is 0 Å². The maximum atomic E-state index is 12.7. The maximum Gasteiger partial charge on any atom is 0.237 e.